The third-order valence-electron chi connectivity index (χ3n) is 4.63. The highest BCUT2D eigenvalue weighted by Gasteiger charge is 2.31. The van der Waals surface area contributed by atoms with E-state index in [9.17, 15) is 27.6 Å². The molecule has 2 aromatic heterocycles. The van der Waals surface area contributed by atoms with Crippen molar-refractivity contribution >= 4 is 22.8 Å². The Morgan fingerprint density at radius 1 is 1.09 bits per heavy atom. The molecule has 10 heteroatoms. The average molecular weight is 448 g/mol. The van der Waals surface area contributed by atoms with E-state index in [4.69, 9.17) is 9.47 Å². The molecule has 0 aliphatic carbocycles. The van der Waals surface area contributed by atoms with E-state index >= 15 is 0 Å². The van der Waals surface area contributed by atoms with E-state index in [2.05, 4.69) is 4.98 Å². The largest absolute Gasteiger partial charge is 0.462 e. The van der Waals surface area contributed by atoms with E-state index in [1.54, 1.807) is 19.9 Å². The summed E-state index contributed by atoms with van der Waals surface area (Å²) >= 11 is 0. The number of carbonyl (C=O) groups excluding carboxylic acids is 2. The van der Waals surface area contributed by atoms with E-state index in [1.807, 2.05) is 0 Å². The molecular weight excluding hydrogens is 429 g/mol. The Morgan fingerprint density at radius 3 is 2.53 bits per heavy atom. The number of pyridine rings is 2. The number of halogens is 3. The van der Waals surface area contributed by atoms with Crippen LogP contribution in [0.3, 0.4) is 0 Å². The summed E-state index contributed by atoms with van der Waals surface area (Å²) in [5.41, 5.74) is -0.691. The molecule has 0 unspecified atom stereocenters. The van der Waals surface area contributed by atoms with Crippen LogP contribution in [0.5, 0.6) is 0 Å². The third-order valence-corrected chi connectivity index (χ3v) is 4.63. The summed E-state index contributed by atoms with van der Waals surface area (Å²) < 4.78 is 49.7. The Kier molecular flexibility index (Phi) is 6.61. The minimum Gasteiger partial charge on any atom is -0.462 e. The van der Waals surface area contributed by atoms with Crippen LogP contribution in [0, 0.1) is 6.92 Å². The van der Waals surface area contributed by atoms with Crippen LogP contribution in [0.1, 0.15) is 38.9 Å². The summed E-state index contributed by atoms with van der Waals surface area (Å²) in [6, 6.07) is 6.87. The lowest BCUT2D eigenvalue weighted by atomic mass is 10.1. The van der Waals surface area contributed by atoms with Crippen molar-refractivity contribution < 1.29 is 32.2 Å². The summed E-state index contributed by atoms with van der Waals surface area (Å²) in [6.45, 7) is 3.18. The molecule has 0 bridgehead atoms. The monoisotopic (exact) mass is 448 g/mol. The maximum atomic E-state index is 12.8. The van der Waals surface area contributed by atoms with Gasteiger partial charge >= 0.3 is 18.1 Å². The number of aromatic nitrogens is 2. The Labute approximate surface area is 180 Å². The van der Waals surface area contributed by atoms with Gasteiger partial charge in [0.15, 0.2) is 0 Å². The molecule has 0 atom stereocenters. The lowest BCUT2D eigenvalue weighted by molar-refractivity contribution is -0.137. The molecule has 168 valence electrons. The lowest BCUT2D eigenvalue weighted by Crippen LogP contribution is -2.23. The van der Waals surface area contributed by atoms with Crippen molar-refractivity contribution in [3.8, 4) is 0 Å². The second-order valence-electron chi connectivity index (χ2n) is 6.80. The number of esters is 2. The molecular formula is C22H19F3N2O5. The van der Waals surface area contributed by atoms with Gasteiger partial charge in [-0.15, -0.1) is 0 Å². The summed E-state index contributed by atoms with van der Waals surface area (Å²) in [5, 5.41) is 0.186. The van der Waals surface area contributed by atoms with Crippen LogP contribution in [0.15, 0.2) is 47.4 Å². The number of aryl methyl sites for hydroxylation is 1. The van der Waals surface area contributed by atoms with Gasteiger partial charge in [-0.1, -0.05) is 6.07 Å². The summed E-state index contributed by atoms with van der Waals surface area (Å²) in [5.74, 6) is -1.53. The first-order valence-electron chi connectivity index (χ1n) is 9.64. The third kappa shape index (κ3) is 4.96. The molecule has 32 heavy (non-hydrogen) atoms. The van der Waals surface area contributed by atoms with Gasteiger partial charge in [0.25, 0.3) is 5.56 Å². The molecule has 2 heterocycles. The number of nitrogens with zero attached hydrogens (tertiary/aromatic N) is 2. The number of hydrogen-bond acceptors (Lipinski definition) is 6. The number of ether oxygens (including phenoxy) is 2. The molecule has 0 radical (unpaired) electrons. The first kappa shape index (κ1) is 23.0. The zero-order valence-electron chi connectivity index (χ0n) is 17.2. The fraction of sp³-hybridized carbons (Fsp3) is 0.273. The van der Waals surface area contributed by atoms with Gasteiger partial charge in [-0.3, -0.25) is 9.78 Å². The molecule has 7 nitrogen and oxygen atoms in total. The van der Waals surface area contributed by atoms with Crippen LogP contribution in [0.4, 0.5) is 13.2 Å². The van der Waals surface area contributed by atoms with E-state index in [0.717, 1.165) is 12.1 Å². The van der Waals surface area contributed by atoms with Crippen molar-refractivity contribution in [1.82, 2.24) is 9.55 Å². The smallest absolute Gasteiger partial charge is 0.416 e. The van der Waals surface area contributed by atoms with Crippen molar-refractivity contribution in [3.05, 3.63) is 75.3 Å². The SMILES string of the molecule is CCOC(=O)c1cc2c(=O)n(CCOC(=O)c3cccc(C(F)(F)F)c3)ccc2nc1C. The van der Waals surface area contributed by atoms with Crippen molar-refractivity contribution in [1.29, 1.82) is 0 Å². The van der Waals surface area contributed by atoms with Crippen LogP contribution in [0.2, 0.25) is 0 Å². The van der Waals surface area contributed by atoms with Crippen LogP contribution in [-0.2, 0) is 22.2 Å². The van der Waals surface area contributed by atoms with E-state index in [0.29, 0.717) is 17.3 Å². The minimum absolute atomic E-state index is 0.0396. The predicted octanol–water partition coefficient (Wildman–Crippen LogP) is 3.76. The molecule has 3 rings (SSSR count). The van der Waals surface area contributed by atoms with Crippen molar-refractivity contribution in [3.63, 3.8) is 0 Å². The fourth-order valence-corrected chi connectivity index (χ4v) is 3.04. The number of carbonyl (C=O) groups is 2. The van der Waals surface area contributed by atoms with E-state index < -0.39 is 29.2 Å². The average Bonchev–Trinajstić information content (AvgIpc) is 2.74. The summed E-state index contributed by atoms with van der Waals surface area (Å²) in [7, 11) is 0. The molecule has 0 saturated carbocycles. The van der Waals surface area contributed by atoms with Crippen molar-refractivity contribution in [2.24, 2.45) is 0 Å². The molecule has 0 aliphatic rings. The number of hydrogen-bond donors (Lipinski definition) is 0. The molecule has 0 N–H and O–H groups in total. The van der Waals surface area contributed by atoms with Crippen LogP contribution < -0.4 is 5.56 Å². The minimum atomic E-state index is -4.58. The topological polar surface area (TPSA) is 87.5 Å². The lowest BCUT2D eigenvalue weighted by Gasteiger charge is -2.11. The van der Waals surface area contributed by atoms with Crippen molar-refractivity contribution in [2.75, 3.05) is 13.2 Å². The highest BCUT2D eigenvalue weighted by atomic mass is 19.4. The Hall–Kier alpha value is -3.69. The van der Waals surface area contributed by atoms with Crippen LogP contribution in [-0.4, -0.2) is 34.7 Å². The zero-order chi connectivity index (χ0) is 23.5. The number of fused-ring (bicyclic) bond motifs is 1. The first-order chi connectivity index (χ1) is 15.1. The maximum absolute atomic E-state index is 12.8. The molecule has 0 saturated heterocycles. The fourth-order valence-electron chi connectivity index (χ4n) is 3.04. The van der Waals surface area contributed by atoms with Gasteiger partial charge in [-0.2, -0.15) is 13.2 Å². The van der Waals surface area contributed by atoms with Crippen LogP contribution >= 0.6 is 0 Å². The van der Waals surface area contributed by atoms with Gasteiger partial charge in [-0.05, 0) is 44.2 Å². The van der Waals surface area contributed by atoms with Gasteiger partial charge in [-0.25, -0.2) is 9.59 Å². The summed E-state index contributed by atoms with van der Waals surface area (Å²) in [6.07, 6.45) is -3.12. The molecule has 0 amide bonds. The van der Waals surface area contributed by atoms with Crippen molar-refractivity contribution in [2.45, 2.75) is 26.6 Å². The number of benzene rings is 1. The molecule has 1 aromatic carbocycles. The van der Waals surface area contributed by atoms with Crippen LogP contribution in [0.25, 0.3) is 10.9 Å². The Balaban J connectivity index is 1.76. The quantitative estimate of drug-likeness (QED) is 0.534. The zero-order valence-corrected chi connectivity index (χ0v) is 17.2. The van der Waals surface area contributed by atoms with E-state index in [1.165, 1.54) is 22.9 Å². The predicted molar refractivity (Wildman–Crippen MR) is 108 cm³/mol. The molecule has 0 spiro atoms. The normalized spacial score (nSPS) is 11.4. The van der Waals surface area contributed by atoms with Gasteiger partial charge in [0.1, 0.15) is 6.61 Å². The standard InChI is InChI=1S/C22H19F3N2O5/c1-3-31-21(30)16-12-17-18(26-13(16)2)7-8-27(19(17)28)9-10-32-20(29)14-5-4-6-15(11-14)22(23,24)25/h4-8,11-12H,3,9-10H2,1-2H3. The molecule has 3 aromatic rings. The second-order valence-corrected chi connectivity index (χ2v) is 6.80. The summed E-state index contributed by atoms with van der Waals surface area (Å²) in [4.78, 5) is 41.2. The number of rotatable bonds is 6. The first-order valence-corrected chi connectivity index (χ1v) is 9.64. The van der Waals surface area contributed by atoms with Gasteiger partial charge in [0, 0.05) is 6.20 Å². The highest BCUT2D eigenvalue weighted by molar-refractivity contribution is 5.95. The van der Waals surface area contributed by atoms with Gasteiger partial charge < -0.3 is 14.0 Å². The Morgan fingerprint density at radius 2 is 1.84 bits per heavy atom. The Bertz CT molecular complexity index is 1230. The highest BCUT2D eigenvalue weighted by Crippen LogP contribution is 2.29. The molecule has 0 fully saturated rings. The second kappa shape index (κ2) is 9.21. The van der Waals surface area contributed by atoms with Gasteiger partial charge in [0.2, 0.25) is 0 Å². The van der Waals surface area contributed by atoms with E-state index in [-0.39, 0.29) is 36.3 Å². The maximum Gasteiger partial charge on any atom is 0.416 e. The molecule has 0 aliphatic heterocycles. The number of alkyl halides is 3. The van der Waals surface area contributed by atoms with Gasteiger partial charge in [0.05, 0.1) is 46.4 Å².